The zero-order valence-corrected chi connectivity index (χ0v) is 57.2. The van der Waals surface area contributed by atoms with Crippen LogP contribution in [0.1, 0.15) is 245 Å². The molecule has 0 aromatic rings. The van der Waals surface area contributed by atoms with E-state index < -0.39 is 32.5 Å². The van der Waals surface area contributed by atoms with Crippen LogP contribution in [0.15, 0.2) is 182 Å². The molecule has 0 bridgehead atoms. The molecule has 0 saturated carbocycles. The van der Waals surface area contributed by atoms with Crippen molar-refractivity contribution >= 4 is 19.8 Å². The molecule has 10 heteroatoms. The smallest absolute Gasteiger partial charge is 0.306 e. The first-order valence-electron chi connectivity index (χ1n) is 34.5. The number of allylic oxidation sites excluding steroid dienone is 30. The van der Waals surface area contributed by atoms with Gasteiger partial charge < -0.3 is 27.9 Å². The van der Waals surface area contributed by atoms with E-state index in [9.17, 15) is 19.0 Å². The molecule has 0 aliphatic heterocycles. The molecule has 0 amide bonds. The van der Waals surface area contributed by atoms with Crippen molar-refractivity contribution in [2.45, 2.75) is 251 Å². The minimum absolute atomic E-state index is 0.0510. The van der Waals surface area contributed by atoms with Gasteiger partial charge in [0.05, 0.1) is 27.7 Å². The average molecular weight is 1240 g/mol. The number of ether oxygens (including phenoxy) is 2. The summed E-state index contributed by atoms with van der Waals surface area (Å²) >= 11 is 0. The number of hydrogen-bond acceptors (Lipinski definition) is 8. The van der Waals surface area contributed by atoms with E-state index in [4.69, 9.17) is 18.5 Å². The fourth-order valence-corrected chi connectivity index (χ4v) is 9.45. The highest BCUT2D eigenvalue weighted by atomic mass is 31.2. The Balaban J connectivity index is 4.18. The van der Waals surface area contributed by atoms with Gasteiger partial charge in [-0.3, -0.25) is 14.2 Å². The summed E-state index contributed by atoms with van der Waals surface area (Å²) < 4.78 is 34.2. The molecular weight excluding hydrogens is 1110 g/mol. The molecule has 0 aliphatic rings. The van der Waals surface area contributed by atoms with E-state index in [-0.39, 0.29) is 26.1 Å². The van der Waals surface area contributed by atoms with E-state index >= 15 is 0 Å². The summed E-state index contributed by atoms with van der Waals surface area (Å²) in [4.78, 5) is 38.0. The highest BCUT2D eigenvalue weighted by molar-refractivity contribution is 7.45. The number of likely N-dealkylation sites (N-methyl/N-ethyl adjacent to an activating group) is 1. The normalized spacial score (nSPS) is 14.3. The van der Waals surface area contributed by atoms with Crippen LogP contribution in [0.2, 0.25) is 0 Å². The van der Waals surface area contributed by atoms with Gasteiger partial charge in [0.2, 0.25) is 0 Å². The summed E-state index contributed by atoms with van der Waals surface area (Å²) in [6, 6.07) is 0. The summed E-state index contributed by atoms with van der Waals surface area (Å²) in [5.41, 5.74) is 0. The van der Waals surface area contributed by atoms with Gasteiger partial charge in [-0.15, -0.1) is 0 Å². The highest BCUT2D eigenvalue weighted by Crippen LogP contribution is 2.38. The third-order valence-electron chi connectivity index (χ3n) is 13.9. The molecule has 0 aromatic heterocycles. The van der Waals surface area contributed by atoms with Gasteiger partial charge in [-0.2, -0.15) is 0 Å². The standard InChI is InChI=1S/C78H126NO8P/c1-6-8-10-12-14-16-18-20-22-24-26-28-30-32-34-36-37-38-39-40-41-43-44-46-48-50-52-54-56-58-60-62-64-66-68-70-77(80)84-74-76(75-86-88(82,83)85-73-72-79(3,4)5)87-78(81)71-69-67-65-63-61-59-57-55-53-51-49-47-45-42-35-33-31-29-27-25-23-21-19-17-15-13-11-9-7-2/h8-11,14-17,20-23,26-29,32-35,37-38,45,47,51,53,57,59,63,65,76H,6-7,12-13,18-19,24-25,30-31,36,39-44,46,48-50,52,54-56,58,60-62,64,66-75H2,1-5H3/b10-8-,11-9-,16-14-,17-15-,22-20-,23-21-,28-26-,29-27-,34-32-,35-33-,38-37-,47-45-,53-51-,59-57-,65-63-. The zero-order valence-electron chi connectivity index (χ0n) is 56.3. The van der Waals surface area contributed by atoms with Crippen LogP contribution in [0, 0.1) is 0 Å². The van der Waals surface area contributed by atoms with Crippen molar-refractivity contribution in [3.05, 3.63) is 182 Å². The SMILES string of the molecule is CC/C=C\C/C=C\C/C=C\C/C=C\C/C=C\C/C=C\C/C=C\C/C=C\C/C=C\CCCC(=O)OC(COC(=O)CCCCCCCCCCCCCCCCCC/C=C\C/C=C\C/C=C\C/C=C\C/C=C\C/C=C\CC)COP(=O)([O-])OCC[N+](C)(C)C. The summed E-state index contributed by atoms with van der Waals surface area (Å²) in [5.74, 6) is -0.913. The number of esters is 2. The second-order valence-corrected chi connectivity index (χ2v) is 24.8. The second kappa shape index (κ2) is 66.5. The van der Waals surface area contributed by atoms with E-state index in [0.717, 1.165) is 116 Å². The highest BCUT2D eigenvalue weighted by Gasteiger charge is 2.22. The number of carbonyl (C=O) groups is 2. The van der Waals surface area contributed by atoms with Crippen molar-refractivity contribution in [3.63, 3.8) is 0 Å². The molecule has 9 nitrogen and oxygen atoms in total. The van der Waals surface area contributed by atoms with Crippen molar-refractivity contribution in [3.8, 4) is 0 Å². The van der Waals surface area contributed by atoms with E-state index in [0.29, 0.717) is 30.3 Å². The molecular formula is C78H126NO8P. The fourth-order valence-electron chi connectivity index (χ4n) is 8.72. The third kappa shape index (κ3) is 70.2. The van der Waals surface area contributed by atoms with Crippen molar-refractivity contribution in [1.29, 1.82) is 0 Å². The first-order chi connectivity index (χ1) is 43.0. The molecule has 2 unspecified atom stereocenters. The Bertz CT molecular complexity index is 2140. The van der Waals surface area contributed by atoms with Gasteiger partial charge in [-0.1, -0.05) is 286 Å². The lowest BCUT2D eigenvalue weighted by molar-refractivity contribution is -0.870. The van der Waals surface area contributed by atoms with Gasteiger partial charge in [0.15, 0.2) is 6.10 Å². The van der Waals surface area contributed by atoms with Gasteiger partial charge in [-0.25, -0.2) is 0 Å². The van der Waals surface area contributed by atoms with Crippen LogP contribution >= 0.6 is 7.82 Å². The molecule has 0 saturated heterocycles. The molecule has 0 heterocycles. The Kier molecular flexibility index (Phi) is 62.8. The maximum absolute atomic E-state index is 12.8. The van der Waals surface area contributed by atoms with Gasteiger partial charge in [0, 0.05) is 12.8 Å². The Morgan fingerprint density at radius 2 is 0.625 bits per heavy atom. The minimum atomic E-state index is -4.67. The molecule has 0 rings (SSSR count). The number of quaternary nitrogens is 1. The zero-order chi connectivity index (χ0) is 64.1. The van der Waals surface area contributed by atoms with Crippen molar-refractivity contribution in [2.75, 3.05) is 47.5 Å². The van der Waals surface area contributed by atoms with E-state index in [1.165, 1.54) is 83.5 Å². The monoisotopic (exact) mass is 1240 g/mol. The Labute approximate surface area is 540 Å². The van der Waals surface area contributed by atoms with Gasteiger partial charge in [0.25, 0.3) is 7.82 Å². The predicted molar refractivity (Wildman–Crippen MR) is 378 cm³/mol. The summed E-state index contributed by atoms with van der Waals surface area (Å²) in [7, 11) is 1.11. The molecule has 0 fully saturated rings. The van der Waals surface area contributed by atoms with Gasteiger partial charge in [0.1, 0.15) is 19.8 Å². The van der Waals surface area contributed by atoms with Crippen LogP contribution in [0.5, 0.6) is 0 Å². The second-order valence-electron chi connectivity index (χ2n) is 23.4. The fraction of sp³-hybridized carbons (Fsp3) is 0.590. The lowest BCUT2D eigenvalue weighted by Crippen LogP contribution is -2.37. The topological polar surface area (TPSA) is 111 Å². The first kappa shape index (κ1) is 83.1. The molecule has 0 spiro atoms. The van der Waals surface area contributed by atoms with Crippen LogP contribution in [0.3, 0.4) is 0 Å². The minimum Gasteiger partial charge on any atom is -0.756 e. The lowest BCUT2D eigenvalue weighted by Gasteiger charge is -2.28. The third-order valence-corrected chi connectivity index (χ3v) is 14.9. The number of carbonyl (C=O) groups excluding carboxylic acids is 2. The Morgan fingerprint density at radius 3 is 0.943 bits per heavy atom. The largest absolute Gasteiger partial charge is 0.756 e. The van der Waals surface area contributed by atoms with Crippen LogP contribution < -0.4 is 4.89 Å². The van der Waals surface area contributed by atoms with Crippen LogP contribution in [-0.4, -0.2) is 70.0 Å². The van der Waals surface area contributed by atoms with E-state index in [2.05, 4.69) is 190 Å². The summed E-state index contributed by atoms with van der Waals surface area (Å²) in [6.45, 7) is 3.93. The predicted octanol–water partition coefficient (Wildman–Crippen LogP) is 22.1. The molecule has 0 aliphatic carbocycles. The number of rotatable bonds is 61. The molecule has 0 aromatic carbocycles. The van der Waals surface area contributed by atoms with Crippen molar-refractivity contribution in [2.24, 2.45) is 0 Å². The molecule has 0 radical (unpaired) electrons. The molecule has 88 heavy (non-hydrogen) atoms. The molecule has 496 valence electrons. The van der Waals surface area contributed by atoms with Crippen LogP contribution in [-0.2, 0) is 32.7 Å². The van der Waals surface area contributed by atoms with E-state index in [1.807, 2.05) is 27.2 Å². The maximum Gasteiger partial charge on any atom is 0.306 e. The van der Waals surface area contributed by atoms with Crippen LogP contribution in [0.4, 0.5) is 0 Å². The summed E-state index contributed by atoms with van der Waals surface area (Å²) in [6.07, 6.45) is 103. The van der Waals surface area contributed by atoms with Gasteiger partial charge >= 0.3 is 11.9 Å². The average Bonchev–Trinajstić information content (AvgIpc) is 3.68. The van der Waals surface area contributed by atoms with Crippen molar-refractivity contribution in [1.82, 2.24) is 0 Å². The Morgan fingerprint density at radius 1 is 0.352 bits per heavy atom. The maximum atomic E-state index is 12.8. The number of hydrogen-bond donors (Lipinski definition) is 0. The molecule has 0 N–H and O–H groups in total. The number of nitrogens with zero attached hydrogens (tertiary/aromatic N) is 1. The number of phosphoric acid groups is 1. The Hall–Kier alpha value is -4.89. The van der Waals surface area contributed by atoms with Crippen LogP contribution in [0.25, 0.3) is 0 Å². The number of phosphoric ester groups is 1. The van der Waals surface area contributed by atoms with Gasteiger partial charge in [-0.05, 0) is 128 Å². The van der Waals surface area contributed by atoms with Crippen molar-refractivity contribution < 1.29 is 42.1 Å². The number of unbranched alkanes of at least 4 members (excludes halogenated alkanes) is 17. The quantitative estimate of drug-likeness (QED) is 0.0195. The molecule has 2 atom stereocenters. The van der Waals surface area contributed by atoms with E-state index in [1.54, 1.807) is 0 Å². The lowest BCUT2D eigenvalue weighted by atomic mass is 10.0. The summed E-state index contributed by atoms with van der Waals surface area (Å²) in [5, 5.41) is 0. The first-order valence-corrected chi connectivity index (χ1v) is 36.0.